The van der Waals surface area contributed by atoms with Crippen LogP contribution in [0.15, 0.2) is 48.5 Å². The van der Waals surface area contributed by atoms with Gasteiger partial charge in [0.1, 0.15) is 11.5 Å². The van der Waals surface area contributed by atoms with E-state index in [0.29, 0.717) is 11.4 Å². The number of aromatic hydroxyl groups is 1. The quantitative estimate of drug-likeness (QED) is 0.505. The minimum Gasteiger partial charge on any atom is -0.507 e. The van der Waals surface area contributed by atoms with Gasteiger partial charge in [-0.05, 0) is 36.4 Å². The summed E-state index contributed by atoms with van der Waals surface area (Å²) in [6.07, 6.45) is 2.97. The molecule has 0 aliphatic carbocycles. The lowest BCUT2D eigenvalue weighted by Gasteiger charge is -2.06. The van der Waals surface area contributed by atoms with E-state index in [2.05, 4.69) is 5.32 Å². The number of methoxy groups -OCH3 is 1. The molecule has 0 radical (unpaired) electrons. The van der Waals surface area contributed by atoms with Crippen LogP contribution in [0.1, 0.15) is 22.8 Å². The third-order valence-corrected chi connectivity index (χ3v) is 3.14. The predicted molar refractivity (Wildman–Crippen MR) is 88.8 cm³/mol. The standard InChI is InChI=1S/C18H17NO4/c1-12(20)19-14-8-10-17(22)15(11-14)16(21)9-7-13-5-3-4-6-18(13)23-2/h3-11,22H,1-2H3,(H,19,20)/b9-7+. The number of amides is 1. The zero-order chi connectivity index (χ0) is 16.8. The van der Waals surface area contributed by atoms with Crippen molar-refractivity contribution in [2.75, 3.05) is 12.4 Å². The van der Waals surface area contributed by atoms with Crippen molar-refractivity contribution in [3.63, 3.8) is 0 Å². The monoisotopic (exact) mass is 311 g/mol. The summed E-state index contributed by atoms with van der Waals surface area (Å²) in [4.78, 5) is 23.4. The molecule has 0 aliphatic rings. The highest BCUT2D eigenvalue weighted by Crippen LogP contribution is 2.24. The number of nitrogens with one attached hydrogen (secondary N) is 1. The molecule has 0 atom stereocenters. The number of hydrogen-bond acceptors (Lipinski definition) is 4. The topological polar surface area (TPSA) is 75.6 Å². The number of allylic oxidation sites excluding steroid dienone is 1. The summed E-state index contributed by atoms with van der Waals surface area (Å²) in [6, 6.07) is 11.6. The molecule has 0 saturated carbocycles. The first-order chi connectivity index (χ1) is 11.0. The Bertz CT molecular complexity index is 765. The van der Waals surface area contributed by atoms with Gasteiger partial charge in [-0.3, -0.25) is 9.59 Å². The third kappa shape index (κ3) is 4.20. The Morgan fingerprint density at radius 1 is 1.17 bits per heavy atom. The van der Waals surface area contributed by atoms with E-state index >= 15 is 0 Å². The molecule has 118 valence electrons. The largest absolute Gasteiger partial charge is 0.507 e. The van der Waals surface area contributed by atoms with E-state index in [-0.39, 0.29) is 23.0 Å². The second-order valence-corrected chi connectivity index (χ2v) is 4.85. The van der Waals surface area contributed by atoms with Crippen LogP contribution < -0.4 is 10.1 Å². The van der Waals surface area contributed by atoms with Gasteiger partial charge in [0.25, 0.3) is 0 Å². The van der Waals surface area contributed by atoms with Crippen molar-refractivity contribution in [1.29, 1.82) is 0 Å². The summed E-state index contributed by atoms with van der Waals surface area (Å²) in [5.74, 6) is -0.124. The molecule has 0 saturated heterocycles. The van der Waals surface area contributed by atoms with Crippen LogP contribution in [0.5, 0.6) is 11.5 Å². The van der Waals surface area contributed by atoms with Gasteiger partial charge in [0, 0.05) is 18.2 Å². The van der Waals surface area contributed by atoms with Crippen molar-refractivity contribution < 1.29 is 19.4 Å². The molecule has 2 aromatic carbocycles. The van der Waals surface area contributed by atoms with Crippen LogP contribution in [0.25, 0.3) is 6.08 Å². The van der Waals surface area contributed by atoms with Crippen molar-refractivity contribution in [3.8, 4) is 11.5 Å². The normalized spacial score (nSPS) is 10.5. The number of ketones is 1. The molecule has 2 N–H and O–H groups in total. The smallest absolute Gasteiger partial charge is 0.221 e. The first-order valence-electron chi connectivity index (χ1n) is 6.97. The zero-order valence-electron chi connectivity index (χ0n) is 12.9. The highest BCUT2D eigenvalue weighted by molar-refractivity contribution is 6.09. The fourth-order valence-corrected chi connectivity index (χ4v) is 2.07. The number of carbonyl (C=O) groups is 2. The van der Waals surface area contributed by atoms with Gasteiger partial charge in [-0.2, -0.15) is 0 Å². The summed E-state index contributed by atoms with van der Waals surface area (Å²) in [7, 11) is 1.55. The lowest BCUT2D eigenvalue weighted by Crippen LogP contribution is -2.06. The molecule has 0 spiro atoms. The van der Waals surface area contributed by atoms with E-state index in [0.717, 1.165) is 5.56 Å². The minimum atomic E-state index is -0.374. The van der Waals surface area contributed by atoms with Crippen LogP contribution in [0.3, 0.4) is 0 Å². The Morgan fingerprint density at radius 3 is 2.61 bits per heavy atom. The Morgan fingerprint density at radius 2 is 1.91 bits per heavy atom. The highest BCUT2D eigenvalue weighted by Gasteiger charge is 2.10. The molecule has 5 heteroatoms. The maximum Gasteiger partial charge on any atom is 0.221 e. The van der Waals surface area contributed by atoms with E-state index in [1.165, 1.54) is 31.2 Å². The molecule has 0 aromatic heterocycles. The van der Waals surface area contributed by atoms with Crippen LogP contribution in [0, 0.1) is 0 Å². The number of carbonyl (C=O) groups excluding carboxylic acids is 2. The first-order valence-corrected chi connectivity index (χ1v) is 6.97. The van der Waals surface area contributed by atoms with Gasteiger partial charge in [-0.1, -0.05) is 18.2 Å². The molecule has 23 heavy (non-hydrogen) atoms. The number of hydrogen-bond donors (Lipinski definition) is 2. The Balaban J connectivity index is 2.26. The Hall–Kier alpha value is -3.08. The van der Waals surface area contributed by atoms with Crippen LogP contribution in [0.4, 0.5) is 5.69 Å². The summed E-state index contributed by atoms with van der Waals surface area (Å²) in [5, 5.41) is 12.4. The number of phenols is 1. The van der Waals surface area contributed by atoms with Crippen molar-refractivity contribution in [2.24, 2.45) is 0 Å². The van der Waals surface area contributed by atoms with Gasteiger partial charge < -0.3 is 15.2 Å². The fraction of sp³-hybridized carbons (Fsp3) is 0.111. The van der Waals surface area contributed by atoms with Crippen molar-refractivity contribution in [2.45, 2.75) is 6.92 Å². The van der Waals surface area contributed by atoms with Crippen LogP contribution >= 0.6 is 0 Å². The third-order valence-electron chi connectivity index (χ3n) is 3.14. The summed E-state index contributed by atoms with van der Waals surface area (Å²) >= 11 is 0. The molecule has 0 aliphatic heterocycles. The lowest BCUT2D eigenvalue weighted by atomic mass is 10.1. The van der Waals surface area contributed by atoms with E-state index in [9.17, 15) is 14.7 Å². The van der Waals surface area contributed by atoms with Crippen molar-refractivity contribution >= 4 is 23.5 Å². The number of benzene rings is 2. The van der Waals surface area contributed by atoms with Gasteiger partial charge >= 0.3 is 0 Å². The molecule has 5 nitrogen and oxygen atoms in total. The molecule has 2 aromatic rings. The summed E-state index contributed by atoms with van der Waals surface area (Å²) in [6.45, 7) is 1.37. The molecule has 0 heterocycles. The molecule has 2 rings (SSSR count). The van der Waals surface area contributed by atoms with E-state index in [4.69, 9.17) is 4.74 Å². The summed E-state index contributed by atoms with van der Waals surface area (Å²) < 4.78 is 5.21. The molecule has 0 bridgehead atoms. The maximum atomic E-state index is 12.3. The van der Waals surface area contributed by atoms with Gasteiger partial charge in [-0.15, -0.1) is 0 Å². The predicted octanol–water partition coefficient (Wildman–Crippen LogP) is 3.26. The fourth-order valence-electron chi connectivity index (χ4n) is 2.07. The van der Waals surface area contributed by atoms with Crippen LogP contribution in [-0.2, 0) is 4.79 Å². The lowest BCUT2D eigenvalue weighted by molar-refractivity contribution is -0.114. The average Bonchev–Trinajstić information content (AvgIpc) is 2.54. The molecular formula is C18H17NO4. The van der Waals surface area contributed by atoms with Gasteiger partial charge in [0.05, 0.1) is 12.7 Å². The first kappa shape index (κ1) is 16.3. The molecule has 0 unspecified atom stereocenters. The second-order valence-electron chi connectivity index (χ2n) is 4.85. The van der Waals surface area contributed by atoms with Gasteiger partial charge in [0.15, 0.2) is 5.78 Å². The maximum absolute atomic E-state index is 12.3. The number of phenolic OH excluding ortho intramolecular Hbond substituents is 1. The SMILES string of the molecule is COc1ccccc1/C=C/C(=O)c1cc(NC(C)=O)ccc1O. The van der Waals surface area contributed by atoms with E-state index in [1.807, 2.05) is 18.2 Å². The Kier molecular flexibility index (Phi) is 5.15. The highest BCUT2D eigenvalue weighted by atomic mass is 16.5. The van der Waals surface area contributed by atoms with Gasteiger partial charge in [-0.25, -0.2) is 0 Å². The van der Waals surface area contributed by atoms with Crippen molar-refractivity contribution in [3.05, 3.63) is 59.7 Å². The minimum absolute atomic E-state index is 0.113. The number of para-hydroxylation sites is 1. The number of ether oxygens (including phenoxy) is 1. The average molecular weight is 311 g/mol. The van der Waals surface area contributed by atoms with E-state index in [1.54, 1.807) is 19.3 Å². The van der Waals surface area contributed by atoms with Crippen molar-refractivity contribution in [1.82, 2.24) is 0 Å². The zero-order valence-corrected chi connectivity index (χ0v) is 12.9. The Labute approximate surface area is 134 Å². The van der Waals surface area contributed by atoms with Crippen LogP contribution in [-0.4, -0.2) is 23.9 Å². The number of rotatable bonds is 5. The molecule has 1 amide bonds. The molecular weight excluding hydrogens is 294 g/mol. The second kappa shape index (κ2) is 7.26. The van der Waals surface area contributed by atoms with Crippen LogP contribution in [0.2, 0.25) is 0 Å². The molecule has 0 fully saturated rings. The summed E-state index contributed by atoms with van der Waals surface area (Å²) in [5.41, 5.74) is 1.31. The van der Waals surface area contributed by atoms with E-state index < -0.39 is 0 Å². The number of anilines is 1. The van der Waals surface area contributed by atoms with Gasteiger partial charge in [0.2, 0.25) is 5.91 Å².